The molecule has 12 heteroatoms. The Morgan fingerprint density at radius 3 is 2.53 bits per heavy atom. The lowest BCUT2D eigenvalue weighted by atomic mass is 10.0. The lowest BCUT2D eigenvalue weighted by molar-refractivity contribution is -0.149. The second-order valence-electron chi connectivity index (χ2n) is 10.4. The smallest absolute Gasteiger partial charge is 0.410 e. The van der Waals surface area contributed by atoms with Crippen LogP contribution in [0.15, 0.2) is 36.9 Å². The zero-order valence-electron chi connectivity index (χ0n) is 22.3. The number of methoxy groups -OCH3 is 1. The van der Waals surface area contributed by atoms with E-state index in [1.165, 1.54) is 9.70 Å². The first-order valence-electron chi connectivity index (χ1n) is 12.6. The van der Waals surface area contributed by atoms with Crippen molar-refractivity contribution in [2.75, 3.05) is 20.3 Å². The first-order chi connectivity index (χ1) is 18.0. The van der Waals surface area contributed by atoms with E-state index in [1.54, 1.807) is 65.1 Å². The van der Waals surface area contributed by atoms with E-state index in [2.05, 4.69) is 27.3 Å². The third-order valence-corrected chi connectivity index (χ3v) is 6.61. The van der Waals surface area contributed by atoms with E-state index in [-0.39, 0.29) is 31.4 Å². The van der Waals surface area contributed by atoms with Crippen molar-refractivity contribution in [2.45, 2.75) is 63.6 Å². The zero-order valence-corrected chi connectivity index (χ0v) is 22.3. The Hall–Kier alpha value is -3.96. The number of aromatic nitrogens is 4. The van der Waals surface area contributed by atoms with Crippen LogP contribution >= 0.6 is 0 Å². The number of amides is 2. The van der Waals surface area contributed by atoms with E-state index in [0.29, 0.717) is 23.7 Å². The Morgan fingerprint density at radius 1 is 1.24 bits per heavy atom. The van der Waals surface area contributed by atoms with Gasteiger partial charge in [0, 0.05) is 18.4 Å². The van der Waals surface area contributed by atoms with Gasteiger partial charge in [0.25, 0.3) is 0 Å². The van der Waals surface area contributed by atoms with Crippen molar-refractivity contribution < 1.29 is 28.6 Å². The van der Waals surface area contributed by atoms with Gasteiger partial charge in [0.05, 0.1) is 19.4 Å². The second-order valence-corrected chi connectivity index (χ2v) is 10.4. The van der Waals surface area contributed by atoms with E-state index >= 15 is 0 Å². The number of carbonyl (C=O) groups excluding carboxylic acids is 3. The summed E-state index contributed by atoms with van der Waals surface area (Å²) in [7, 11) is 1.58. The van der Waals surface area contributed by atoms with Crippen molar-refractivity contribution >= 4 is 18.0 Å². The normalized spacial score (nSPS) is 24.4. The molecule has 0 bridgehead atoms. The number of ether oxygens (including phenoxy) is 3. The SMILES string of the molecule is C=CC1CC1(NC(=O)[C@H]1C[C@@H](c2nnn(-c3ccc(OC)cc3)n2)CN1C(=O)OC(C)(C)C)C(=O)OCC. The van der Waals surface area contributed by atoms with Gasteiger partial charge in [-0.1, -0.05) is 6.08 Å². The Labute approximate surface area is 221 Å². The van der Waals surface area contributed by atoms with Crippen LogP contribution in [-0.2, 0) is 19.1 Å². The van der Waals surface area contributed by atoms with Crippen molar-refractivity contribution in [1.29, 1.82) is 0 Å². The lowest BCUT2D eigenvalue weighted by Crippen LogP contribution is -2.53. The molecule has 4 rings (SSSR count). The molecule has 1 N–H and O–H groups in total. The molecule has 2 aliphatic rings. The Balaban J connectivity index is 1.56. The topological polar surface area (TPSA) is 138 Å². The molecule has 2 aromatic rings. The summed E-state index contributed by atoms with van der Waals surface area (Å²) in [6.07, 6.45) is 1.61. The lowest BCUT2D eigenvalue weighted by Gasteiger charge is -2.29. The van der Waals surface area contributed by atoms with Crippen LogP contribution in [-0.4, -0.2) is 80.5 Å². The van der Waals surface area contributed by atoms with E-state index in [9.17, 15) is 14.4 Å². The van der Waals surface area contributed by atoms with Gasteiger partial charge in [-0.2, -0.15) is 0 Å². The maximum Gasteiger partial charge on any atom is 0.410 e. The van der Waals surface area contributed by atoms with E-state index in [1.807, 2.05) is 0 Å². The molecule has 0 spiro atoms. The molecule has 1 saturated heterocycles. The molecular formula is C26H34N6O6. The molecule has 0 radical (unpaired) electrons. The fourth-order valence-electron chi connectivity index (χ4n) is 4.57. The second kappa shape index (κ2) is 10.4. The first kappa shape index (κ1) is 27.1. The van der Waals surface area contributed by atoms with Gasteiger partial charge in [-0.05, 0) is 70.0 Å². The number of benzene rings is 1. The summed E-state index contributed by atoms with van der Waals surface area (Å²) in [6, 6.07) is 6.25. The van der Waals surface area contributed by atoms with Gasteiger partial charge in [0.1, 0.15) is 22.9 Å². The summed E-state index contributed by atoms with van der Waals surface area (Å²) in [4.78, 5) is 42.1. The van der Waals surface area contributed by atoms with Crippen molar-refractivity contribution in [1.82, 2.24) is 30.4 Å². The van der Waals surface area contributed by atoms with Crippen molar-refractivity contribution in [2.24, 2.45) is 5.92 Å². The van der Waals surface area contributed by atoms with Crippen LogP contribution in [0, 0.1) is 5.92 Å². The van der Waals surface area contributed by atoms with Crippen LogP contribution in [0.5, 0.6) is 5.75 Å². The fourth-order valence-corrected chi connectivity index (χ4v) is 4.57. The molecule has 2 heterocycles. The number of nitrogens with zero attached hydrogens (tertiary/aromatic N) is 5. The van der Waals surface area contributed by atoms with Crippen LogP contribution in [0.25, 0.3) is 5.69 Å². The number of carbonyl (C=O) groups is 3. The highest BCUT2D eigenvalue weighted by atomic mass is 16.6. The average Bonchev–Trinajstić information content (AvgIpc) is 3.21. The highest BCUT2D eigenvalue weighted by Gasteiger charge is 2.62. The van der Waals surface area contributed by atoms with E-state index < -0.39 is 35.2 Å². The highest BCUT2D eigenvalue weighted by Crippen LogP contribution is 2.46. The zero-order chi connectivity index (χ0) is 27.7. The predicted octanol–water partition coefficient (Wildman–Crippen LogP) is 2.39. The van der Waals surface area contributed by atoms with Gasteiger partial charge in [-0.15, -0.1) is 21.6 Å². The van der Waals surface area contributed by atoms with E-state index in [0.717, 1.165) is 0 Å². The maximum absolute atomic E-state index is 13.5. The van der Waals surface area contributed by atoms with Gasteiger partial charge in [0.15, 0.2) is 5.82 Å². The Bertz CT molecular complexity index is 1210. The molecule has 2 unspecified atom stereocenters. The third-order valence-electron chi connectivity index (χ3n) is 6.61. The first-order valence-corrected chi connectivity index (χ1v) is 12.6. The van der Waals surface area contributed by atoms with E-state index in [4.69, 9.17) is 14.2 Å². The van der Waals surface area contributed by atoms with Crippen molar-refractivity contribution in [3.63, 3.8) is 0 Å². The van der Waals surface area contributed by atoms with Gasteiger partial charge in [-0.3, -0.25) is 9.69 Å². The molecular weight excluding hydrogens is 492 g/mol. The van der Waals surface area contributed by atoms with Crippen molar-refractivity contribution in [3.05, 3.63) is 42.7 Å². The monoisotopic (exact) mass is 526 g/mol. The largest absolute Gasteiger partial charge is 0.497 e. The molecule has 1 saturated carbocycles. The Morgan fingerprint density at radius 2 is 1.95 bits per heavy atom. The number of hydrogen-bond acceptors (Lipinski definition) is 9. The summed E-state index contributed by atoms with van der Waals surface area (Å²) in [5, 5.41) is 15.7. The summed E-state index contributed by atoms with van der Waals surface area (Å²) < 4.78 is 16.0. The molecule has 12 nitrogen and oxygen atoms in total. The van der Waals surface area contributed by atoms with Crippen LogP contribution in [0.2, 0.25) is 0 Å². The maximum atomic E-state index is 13.5. The standard InChI is InChI=1S/C26H34N6O6/c1-7-17-14-26(17,23(34)37-8-2)27-22(33)20-13-16(15-31(20)24(35)38-25(3,4)5)21-28-30-32(29-21)18-9-11-19(36-6)12-10-18/h7,9-12,16-17,20H,1,8,13-15H2,2-6H3,(H,27,33)/t16-,17?,20-,26?/m1/s1. The van der Waals surface area contributed by atoms with Gasteiger partial charge >= 0.3 is 12.1 Å². The van der Waals surface area contributed by atoms with Crippen LogP contribution in [0.3, 0.4) is 0 Å². The number of rotatable bonds is 8. The summed E-state index contributed by atoms with van der Waals surface area (Å²) in [5.74, 6) is -0.525. The Kier molecular flexibility index (Phi) is 7.43. The number of esters is 1. The quantitative estimate of drug-likeness (QED) is 0.406. The van der Waals surface area contributed by atoms with Crippen LogP contribution < -0.4 is 10.1 Å². The summed E-state index contributed by atoms with van der Waals surface area (Å²) >= 11 is 0. The number of nitrogens with one attached hydrogen (secondary N) is 1. The molecule has 1 aromatic carbocycles. The molecule has 1 aliphatic carbocycles. The van der Waals surface area contributed by atoms with Gasteiger partial charge in [0.2, 0.25) is 5.91 Å². The third kappa shape index (κ3) is 5.48. The summed E-state index contributed by atoms with van der Waals surface area (Å²) in [5.41, 5.74) is -1.26. The molecule has 2 fully saturated rings. The minimum atomic E-state index is -1.18. The van der Waals surface area contributed by atoms with Crippen LogP contribution in [0.4, 0.5) is 4.79 Å². The molecule has 1 aromatic heterocycles. The van der Waals surface area contributed by atoms with Crippen molar-refractivity contribution in [3.8, 4) is 11.4 Å². The average molecular weight is 527 g/mol. The van der Waals surface area contributed by atoms with Crippen LogP contribution in [0.1, 0.15) is 52.3 Å². The molecule has 204 valence electrons. The molecule has 2 amide bonds. The molecule has 4 atom stereocenters. The summed E-state index contributed by atoms with van der Waals surface area (Å²) in [6.45, 7) is 11.1. The molecule has 1 aliphatic heterocycles. The van der Waals surface area contributed by atoms with Gasteiger partial charge in [-0.25, -0.2) is 9.59 Å². The number of tetrazole rings is 1. The minimum absolute atomic E-state index is 0.151. The fraction of sp³-hybridized carbons (Fsp3) is 0.538. The number of likely N-dealkylation sites (tertiary alicyclic amines) is 1. The highest BCUT2D eigenvalue weighted by molar-refractivity contribution is 5.95. The molecule has 38 heavy (non-hydrogen) atoms. The minimum Gasteiger partial charge on any atom is -0.497 e. The number of hydrogen-bond donors (Lipinski definition) is 1. The predicted molar refractivity (Wildman–Crippen MR) is 136 cm³/mol. The van der Waals surface area contributed by atoms with Gasteiger partial charge < -0.3 is 19.5 Å².